The van der Waals surface area contributed by atoms with Gasteiger partial charge in [-0.1, -0.05) is 50.2 Å². The van der Waals surface area contributed by atoms with Gasteiger partial charge in [-0.25, -0.2) is 4.68 Å². The number of pyridine rings is 1. The van der Waals surface area contributed by atoms with E-state index < -0.39 is 0 Å². The number of tetrazole rings is 1. The Morgan fingerprint density at radius 3 is 2.50 bits per heavy atom. The van der Waals surface area contributed by atoms with Crippen molar-refractivity contribution in [3.8, 4) is 0 Å². The minimum atomic E-state index is -0.260. The second-order valence-corrected chi connectivity index (χ2v) is 9.78. The largest absolute Gasteiger partial charge is 0.322 e. The number of aromatic nitrogens is 5. The summed E-state index contributed by atoms with van der Waals surface area (Å²) >= 11 is 0. The fourth-order valence-corrected chi connectivity index (χ4v) is 5.75. The van der Waals surface area contributed by atoms with Gasteiger partial charge in [-0.15, -0.1) is 5.10 Å². The second-order valence-electron chi connectivity index (χ2n) is 9.78. The van der Waals surface area contributed by atoms with Gasteiger partial charge >= 0.3 is 0 Å². The molecule has 1 atom stereocenters. The normalized spacial score (nSPS) is 19.6. The zero-order valence-corrected chi connectivity index (χ0v) is 19.3. The predicted octanol–water partition coefficient (Wildman–Crippen LogP) is 4.68. The Labute approximate surface area is 189 Å². The van der Waals surface area contributed by atoms with Crippen molar-refractivity contribution in [1.29, 1.82) is 0 Å². The lowest BCUT2D eigenvalue weighted by Gasteiger charge is -2.37. The van der Waals surface area contributed by atoms with E-state index in [1.165, 1.54) is 44.1 Å². The summed E-state index contributed by atoms with van der Waals surface area (Å²) in [6, 6.07) is 8.70. The van der Waals surface area contributed by atoms with Crippen LogP contribution in [-0.2, 0) is 0 Å². The van der Waals surface area contributed by atoms with Crippen molar-refractivity contribution in [2.45, 2.75) is 89.3 Å². The van der Waals surface area contributed by atoms with Crippen molar-refractivity contribution in [1.82, 2.24) is 30.1 Å². The summed E-state index contributed by atoms with van der Waals surface area (Å²) in [5, 5.41) is 14.1. The summed E-state index contributed by atoms with van der Waals surface area (Å²) in [5.74, 6) is 0.808. The van der Waals surface area contributed by atoms with Crippen molar-refractivity contribution in [3.63, 3.8) is 0 Å². The highest BCUT2D eigenvalue weighted by Crippen LogP contribution is 2.35. The van der Waals surface area contributed by atoms with E-state index >= 15 is 0 Å². The van der Waals surface area contributed by atoms with Gasteiger partial charge in [0.25, 0.3) is 5.56 Å². The molecular weight excluding hydrogens is 400 g/mol. The second kappa shape index (κ2) is 9.14. The molecule has 0 radical (unpaired) electrons. The number of nitrogens with zero attached hydrogens (tertiary/aromatic N) is 5. The zero-order chi connectivity index (χ0) is 22.1. The molecule has 7 nitrogen and oxygen atoms in total. The van der Waals surface area contributed by atoms with Gasteiger partial charge in [-0.05, 0) is 73.7 Å². The lowest BCUT2D eigenvalue weighted by atomic mass is 9.91. The monoisotopic (exact) mass is 434 g/mol. The number of rotatable bonds is 5. The maximum absolute atomic E-state index is 13.4. The summed E-state index contributed by atoms with van der Waals surface area (Å²) in [6.45, 7) is 2.08. The summed E-state index contributed by atoms with van der Waals surface area (Å²) in [7, 11) is 2.15. The topological polar surface area (TPSA) is 79.7 Å². The van der Waals surface area contributed by atoms with E-state index in [0.29, 0.717) is 12.1 Å². The first kappa shape index (κ1) is 21.3. The number of nitrogens with one attached hydrogen (secondary N) is 1. The van der Waals surface area contributed by atoms with Crippen LogP contribution in [0.15, 0.2) is 29.1 Å². The van der Waals surface area contributed by atoms with Gasteiger partial charge < -0.3 is 4.98 Å². The smallest absolute Gasteiger partial charge is 0.253 e. The van der Waals surface area contributed by atoms with Crippen LogP contribution in [0.25, 0.3) is 10.9 Å². The number of hydrogen-bond acceptors (Lipinski definition) is 5. The Morgan fingerprint density at radius 1 is 1.03 bits per heavy atom. The maximum Gasteiger partial charge on any atom is 0.253 e. The van der Waals surface area contributed by atoms with Crippen LogP contribution in [0.1, 0.15) is 93.2 Å². The minimum Gasteiger partial charge on any atom is -0.322 e. The van der Waals surface area contributed by atoms with Crippen LogP contribution >= 0.6 is 0 Å². The molecule has 170 valence electrons. The number of hydrogen-bond donors (Lipinski definition) is 1. The van der Waals surface area contributed by atoms with Crippen molar-refractivity contribution in [3.05, 3.63) is 51.6 Å². The number of benzene rings is 1. The zero-order valence-electron chi connectivity index (χ0n) is 19.3. The first-order chi connectivity index (χ1) is 15.6. The Kier molecular flexibility index (Phi) is 6.09. The molecule has 0 bridgehead atoms. The minimum absolute atomic E-state index is 0.0489. The van der Waals surface area contributed by atoms with Gasteiger partial charge in [-0.2, -0.15) is 0 Å². The van der Waals surface area contributed by atoms with Crippen LogP contribution in [0.4, 0.5) is 0 Å². The Balaban J connectivity index is 1.63. The van der Waals surface area contributed by atoms with Gasteiger partial charge in [0.15, 0.2) is 5.82 Å². The van der Waals surface area contributed by atoms with Gasteiger partial charge in [0.1, 0.15) is 6.04 Å². The summed E-state index contributed by atoms with van der Waals surface area (Å²) in [4.78, 5) is 18.9. The van der Waals surface area contributed by atoms with E-state index in [1.54, 1.807) is 0 Å². The molecule has 0 unspecified atom stereocenters. The lowest BCUT2D eigenvalue weighted by molar-refractivity contribution is 0.145. The molecule has 2 aromatic heterocycles. The summed E-state index contributed by atoms with van der Waals surface area (Å²) in [6.07, 6.45) is 12.0. The van der Waals surface area contributed by atoms with E-state index in [0.717, 1.165) is 48.0 Å². The van der Waals surface area contributed by atoms with Crippen LogP contribution in [0.5, 0.6) is 0 Å². The van der Waals surface area contributed by atoms with E-state index in [-0.39, 0.29) is 11.6 Å². The Bertz CT molecular complexity index is 1120. The molecule has 2 aliphatic carbocycles. The fourth-order valence-electron chi connectivity index (χ4n) is 5.75. The molecule has 0 saturated heterocycles. The average molecular weight is 435 g/mol. The van der Waals surface area contributed by atoms with Gasteiger partial charge in [0.05, 0.1) is 6.04 Å². The SMILES string of the molecule is Cc1ccc2[nH]c(=O)c([C@@H](c3nnnn3C3CCCCC3)N(C)C3CCCCC3)cc2c1. The lowest BCUT2D eigenvalue weighted by Crippen LogP contribution is -2.40. The van der Waals surface area contributed by atoms with E-state index in [1.807, 2.05) is 16.8 Å². The number of H-pyrrole nitrogens is 1. The number of fused-ring (bicyclic) bond motifs is 1. The molecule has 1 N–H and O–H groups in total. The number of aromatic amines is 1. The van der Waals surface area contributed by atoms with E-state index in [4.69, 9.17) is 0 Å². The highest BCUT2D eigenvalue weighted by Gasteiger charge is 2.34. The first-order valence-corrected chi connectivity index (χ1v) is 12.2. The molecule has 0 aliphatic heterocycles. The highest BCUT2D eigenvalue weighted by atomic mass is 16.1. The molecular formula is C25H34N6O. The third-order valence-electron chi connectivity index (χ3n) is 7.56. The average Bonchev–Trinajstić information content (AvgIpc) is 3.30. The standard InChI is InChI=1S/C25H34N6O/c1-17-13-14-22-18(15-17)16-21(25(32)26-22)23(30(2)19-9-5-3-6-10-19)24-27-28-29-31(24)20-11-7-4-8-12-20/h13-16,19-20,23H,3-12H2,1-2H3,(H,26,32)/t23-/m0/s1. The summed E-state index contributed by atoms with van der Waals surface area (Å²) < 4.78 is 2.03. The molecule has 2 saturated carbocycles. The van der Waals surface area contributed by atoms with Crippen LogP contribution < -0.4 is 5.56 Å². The van der Waals surface area contributed by atoms with Gasteiger partial charge in [-0.3, -0.25) is 9.69 Å². The highest BCUT2D eigenvalue weighted by molar-refractivity contribution is 5.79. The molecule has 5 rings (SSSR count). The van der Waals surface area contributed by atoms with E-state index in [2.05, 4.69) is 51.5 Å². The molecule has 1 aromatic carbocycles. The molecule has 0 spiro atoms. The molecule has 2 aliphatic rings. The molecule has 2 heterocycles. The van der Waals surface area contributed by atoms with Crippen molar-refractivity contribution < 1.29 is 0 Å². The van der Waals surface area contributed by atoms with Crippen LogP contribution in [0.2, 0.25) is 0 Å². The predicted molar refractivity (Wildman–Crippen MR) is 126 cm³/mol. The quantitative estimate of drug-likeness (QED) is 0.631. The molecule has 32 heavy (non-hydrogen) atoms. The van der Waals surface area contributed by atoms with Gasteiger partial charge in [0.2, 0.25) is 0 Å². The Morgan fingerprint density at radius 2 is 1.75 bits per heavy atom. The van der Waals surface area contributed by atoms with Crippen LogP contribution in [0, 0.1) is 6.92 Å². The number of aryl methyl sites for hydroxylation is 1. The maximum atomic E-state index is 13.4. The third kappa shape index (κ3) is 4.10. The molecule has 0 amide bonds. The third-order valence-corrected chi connectivity index (χ3v) is 7.56. The first-order valence-electron chi connectivity index (χ1n) is 12.2. The molecule has 3 aromatic rings. The van der Waals surface area contributed by atoms with E-state index in [9.17, 15) is 4.79 Å². The van der Waals surface area contributed by atoms with Crippen molar-refractivity contribution >= 4 is 10.9 Å². The Hall–Kier alpha value is -2.54. The van der Waals surface area contributed by atoms with Crippen molar-refractivity contribution in [2.24, 2.45) is 0 Å². The molecule has 2 fully saturated rings. The fraction of sp³-hybridized carbons (Fsp3) is 0.600. The van der Waals surface area contributed by atoms with Gasteiger partial charge in [0, 0.05) is 17.1 Å². The molecule has 7 heteroatoms. The van der Waals surface area contributed by atoms with Crippen LogP contribution in [0.3, 0.4) is 0 Å². The summed E-state index contributed by atoms with van der Waals surface area (Å²) in [5.41, 5.74) is 2.74. The van der Waals surface area contributed by atoms with Crippen LogP contribution in [-0.4, -0.2) is 43.2 Å². The van der Waals surface area contributed by atoms with Crippen molar-refractivity contribution in [2.75, 3.05) is 7.05 Å².